The third-order valence-corrected chi connectivity index (χ3v) is 6.12. The SMILES string of the molecule is Cc1[nH]c(-c2[nH]nc3ncc(-c4cncc(NC(=O)CC(C)(C)C)c4)cc23)nc1C(C=N)c1cccnc1. The van der Waals surface area contributed by atoms with Gasteiger partial charge in [0.1, 0.15) is 5.69 Å². The molecule has 0 radical (unpaired) electrons. The second kappa shape index (κ2) is 9.97. The molecule has 0 aromatic carbocycles. The van der Waals surface area contributed by atoms with Crippen LogP contribution in [0.25, 0.3) is 33.7 Å². The number of anilines is 1. The fraction of sp³-hybridized carbons (Fsp3) is 0.250. The first-order valence-electron chi connectivity index (χ1n) is 12.3. The molecule has 4 N–H and O–H groups in total. The highest BCUT2D eigenvalue weighted by molar-refractivity contribution is 5.93. The summed E-state index contributed by atoms with van der Waals surface area (Å²) in [6, 6.07) is 7.65. The smallest absolute Gasteiger partial charge is 0.224 e. The number of carbonyl (C=O) groups is 1. The van der Waals surface area contributed by atoms with Crippen molar-refractivity contribution in [3.63, 3.8) is 0 Å². The van der Waals surface area contributed by atoms with E-state index in [1.165, 1.54) is 6.21 Å². The minimum Gasteiger partial charge on any atom is -0.341 e. The Morgan fingerprint density at radius 3 is 2.68 bits per heavy atom. The maximum absolute atomic E-state index is 12.4. The molecule has 0 saturated heterocycles. The van der Waals surface area contributed by atoms with E-state index in [9.17, 15) is 4.79 Å². The number of carbonyl (C=O) groups excluding carboxylic acids is 1. The standard InChI is InChI=1S/C28H29N9O/c1-16-24(22(11-29)17-6-5-7-30-12-17)35-27(33-16)25-21-9-19(14-32-26(21)37-36-25)18-8-20(15-31-13-18)34-23(38)10-28(2,3)4/h5-9,11-15,22,29H,10H2,1-4H3,(H,33,35)(H,34,38)(H,32,36,37). The predicted molar refractivity (Wildman–Crippen MR) is 147 cm³/mol. The number of rotatable bonds is 7. The van der Waals surface area contributed by atoms with Crippen LogP contribution in [0.1, 0.15) is 50.1 Å². The molecule has 0 saturated carbocycles. The summed E-state index contributed by atoms with van der Waals surface area (Å²) in [5.74, 6) is 0.232. The van der Waals surface area contributed by atoms with Crippen LogP contribution in [0.4, 0.5) is 5.69 Å². The highest BCUT2D eigenvalue weighted by Crippen LogP contribution is 2.31. The Balaban J connectivity index is 1.47. The van der Waals surface area contributed by atoms with Crippen molar-refractivity contribution in [2.45, 2.75) is 40.0 Å². The zero-order chi connectivity index (χ0) is 26.9. The van der Waals surface area contributed by atoms with Gasteiger partial charge in [-0.2, -0.15) is 5.10 Å². The molecule has 10 heteroatoms. The molecule has 5 rings (SSSR count). The van der Waals surface area contributed by atoms with Crippen LogP contribution in [-0.2, 0) is 4.79 Å². The number of fused-ring (bicyclic) bond motifs is 1. The first-order chi connectivity index (χ1) is 18.2. The molecule has 0 spiro atoms. The van der Waals surface area contributed by atoms with Gasteiger partial charge in [0.2, 0.25) is 5.91 Å². The third-order valence-electron chi connectivity index (χ3n) is 6.12. The number of pyridine rings is 3. The Kier molecular flexibility index (Phi) is 6.54. The van der Waals surface area contributed by atoms with Crippen LogP contribution in [-0.4, -0.2) is 47.2 Å². The Morgan fingerprint density at radius 2 is 1.95 bits per heavy atom. The van der Waals surface area contributed by atoms with E-state index in [1.807, 2.05) is 52.0 Å². The van der Waals surface area contributed by atoms with Crippen LogP contribution in [0.3, 0.4) is 0 Å². The fourth-order valence-corrected chi connectivity index (χ4v) is 4.38. The van der Waals surface area contributed by atoms with Crippen molar-refractivity contribution in [1.82, 2.24) is 35.1 Å². The average Bonchev–Trinajstić information content (AvgIpc) is 3.47. The number of imidazole rings is 1. The maximum atomic E-state index is 12.4. The van der Waals surface area contributed by atoms with E-state index in [4.69, 9.17) is 10.4 Å². The summed E-state index contributed by atoms with van der Waals surface area (Å²) >= 11 is 0. The summed E-state index contributed by atoms with van der Waals surface area (Å²) in [6.45, 7) is 8.01. The number of nitrogens with one attached hydrogen (secondary N) is 4. The van der Waals surface area contributed by atoms with Crippen molar-refractivity contribution >= 4 is 28.8 Å². The fourth-order valence-electron chi connectivity index (χ4n) is 4.38. The lowest BCUT2D eigenvalue weighted by atomic mass is 9.92. The van der Waals surface area contributed by atoms with Crippen LogP contribution in [0, 0.1) is 17.7 Å². The zero-order valence-corrected chi connectivity index (χ0v) is 21.7. The van der Waals surface area contributed by atoms with Gasteiger partial charge in [0, 0.05) is 54.2 Å². The Hall–Kier alpha value is -4.73. The summed E-state index contributed by atoms with van der Waals surface area (Å²) in [6.07, 6.45) is 10.3. The largest absolute Gasteiger partial charge is 0.341 e. The molecule has 0 fully saturated rings. The molecule has 0 aliphatic rings. The lowest BCUT2D eigenvalue weighted by Gasteiger charge is -2.17. The van der Waals surface area contributed by atoms with E-state index >= 15 is 0 Å². The van der Waals surface area contributed by atoms with Gasteiger partial charge in [0.25, 0.3) is 0 Å². The minimum atomic E-state index is -0.320. The van der Waals surface area contributed by atoms with Crippen molar-refractivity contribution in [2.24, 2.45) is 5.41 Å². The van der Waals surface area contributed by atoms with Gasteiger partial charge in [0.15, 0.2) is 11.5 Å². The highest BCUT2D eigenvalue weighted by atomic mass is 16.1. The van der Waals surface area contributed by atoms with Gasteiger partial charge < -0.3 is 15.7 Å². The first-order valence-corrected chi connectivity index (χ1v) is 12.3. The lowest BCUT2D eigenvalue weighted by Crippen LogP contribution is -2.19. The number of hydrogen-bond donors (Lipinski definition) is 4. The van der Waals surface area contributed by atoms with E-state index in [0.717, 1.165) is 33.5 Å². The molecule has 1 atom stereocenters. The quantitative estimate of drug-likeness (QED) is 0.221. The number of hydrogen-bond acceptors (Lipinski definition) is 7. The second-order valence-corrected chi connectivity index (χ2v) is 10.5. The Bertz CT molecular complexity index is 1610. The lowest BCUT2D eigenvalue weighted by molar-refractivity contribution is -0.117. The van der Waals surface area contributed by atoms with Gasteiger partial charge in [-0.1, -0.05) is 26.8 Å². The van der Waals surface area contributed by atoms with Gasteiger partial charge in [-0.05, 0) is 36.1 Å². The van der Waals surface area contributed by atoms with Gasteiger partial charge >= 0.3 is 0 Å². The molecule has 1 amide bonds. The molecule has 5 aromatic rings. The molecule has 0 aliphatic heterocycles. The maximum Gasteiger partial charge on any atom is 0.224 e. The molecule has 38 heavy (non-hydrogen) atoms. The van der Waals surface area contributed by atoms with Crippen molar-refractivity contribution in [2.75, 3.05) is 5.32 Å². The van der Waals surface area contributed by atoms with E-state index in [0.29, 0.717) is 29.3 Å². The molecule has 192 valence electrons. The number of nitrogens with zero attached hydrogens (tertiary/aromatic N) is 5. The van der Waals surface area contributed by atoms with Crippen molar-refractivity contribution in [1.29, 1.82) is 5.41 Å². The van der Waals surface area contributed by atoms with Crippen LogP contribution in [0.2, 0.25) is 0 Å². The number of aromatic amines is 2. The van der Waals surface area contributed by atoms with Crippen molar-refractivity contribution in [3.05, 3.63) is 72.2 Å². The predicted octanol–water partition coefficient (Wildman–Crippen LogP) is 5.27. The topological polar surface area (TPSA) is 149 Å². The van der Waals surface area contributed by atoms with E-state index in [2.05, 4.69) is 35.5 Å². The van der Waals surface area contributed by atoms with Crippen LogP contribution in [0.15, 0.2) is 55.2 Å². The highest BCUT2D eigenvalue weighted by Gasteiger charge is 2.21. The van der Waals surface area contributed by atoms with Crippen LogP contribution >= 0.6 is 0 Å². The number of amides is 1. The summed E-state index contributed by atoms with van der Waals surface area (Å²) in [4.78, 5) is 33.6. The Labute approximate surface area is 219 Å². The normalized spacial score (nSPS) is 12.4. The third kappa shape index (κ3) is 5.19. The van der Waals surface area contributed by atoms with E-state index in [1.54, 1.807) is 31.0 Å². The number of aryl methyl sites for hydroxylation is 1. The van der Waals surface area contributed by atoms with Gasteiger partial charge in [0.05, 0.1) is 28.9 Å². The average molecular weight is 508 g/mol. The summed E-state index contributed by atoms with van der Waals surface area (Å²) in [7, 11) is 0. The van der Waals surface area contributed by atoms with Crippen molar-refractivity contribution < 1.29 is 4.79 Å². The molecular formula is C28H29N9O. The molecule has 0 bridgehead atoms. The summed E-state index contributed by atoms with van der Waals surface area (Å²) in [5, 5.41) is 19.1. The van der Waals surface area contributed by atoms with E-state index in [-0.39, 0.29) is 17.2 Å². The molecule has 10 nitrogen and oxygen atoms in total. The molecule has 1 unspecified atom stereocenters. The van der Waals surface area contributed by atoms with E-state index < -0.39 is 0 Å². The first kappa shape index (κ1) is 24.9. The number of aromatic nitrogens is 7. The molecule has 5 aromatic heterocycles. The van der Waals surface area contributed by atoms with Gasteiger partial charge in [-0.3, -0.25) is 19.9 Å². The zero-order valence-electron chi connectivity index (χ0n) is 21.7. The molecular weight excluding hydrogens is 478 g/mol. The monoisotopic (exact) mass is 507 g/mol. The molecule has 0 aliphatic carbocycles. The van der Waals surface area contributed by atoms with Crippen LogP contribution < -0.4 is 5.32 Å². The minimum absolute atomic E-state index is 0.0550. The van der Waals surface area contributed by atoms with Crippen LogP contribution in [0.5, 0.6) is 0 Å². The van der Waals surface area contributed by atoms with Gasteiger partial charge in [-0.15, -0.1) is 0 Å². The van der Waals surface area contributed by atoms with Crippen molar-refractivity contribution in [3.8, 4) is 22.6 Å². The Morgan fingerprint density at radius 1 is 1.13 bits per heavy atom. The second-order valence-electron chi connectivity index (χ2n) is 10.5. The molecule has 5 heterocycles. The van der Waals surface area contributed by atoms with Gasteiger partial charge in [-0.25, -0.2) is 9.97 Å². The number of H-pyrrole nitrogens is 2. The summed E-state index contributed by atoms with van der Waals surface area (Å²) in [5.41, 5.74) is 5.91. The summed E-state index contributed by atoms with van der Waals surface area (Å²) < 4.78 is 0.